The fourth-order valence-electron chi connectivity index (χ4n) is 0.958. The predicted octanol–water partition coefficient (Wildman–Crippen LogP) is 0.259. The summed E-state index contributed by atoms with van der Waals surface area (Å²) in [5.41, 5.74) is 5.51. The third kappa shape index (κ3) is 1.65. The summed E-state index contributed by atoms with van der Waals surface area (Å²) < 4.78 is 5.10. The maximum atomic E-state index is 10.4. The Balaban J connectivity index is 2.63. The van der Waals surface area contributed by atoms with Crippen LogP contribution in [0.3, 0.4) is 0 Å². The van der Waals surface area contributed by atoms with E-state index in [0.29, 0.717) is 12.4 Å². The van der Waals surface area contributed by atoms with Gasteiger partial charge in [0.1, 0.15) is 5.76 Å². The first-order valence-electron chi connectivity index (χ1n) is 3.63. The van der Waals surface area contributed by atoms with Gasteiger partial charge in [0.2, 0.25) is 0 Å². The van der Waals surface area contributed by atoms with E-state index in [0.717, 1.165) is 6.42 Å². The molecule has 0 aliphatic carbocycles. The fourth-order valence-corrected chi connectivity index (χ4v) is 0.958. The van der Waals surface area contributed by atoms with Crippen LogP contribution in [0.2, 0.25) is 0 Å². The zero-order valence-corrected chi connectivity index (χ0v) is 6.62. The van der Waals surface area contributed by atoms with Gasteiger partial charge < -0.3 is 15.6 Å². The second kappa shape index (κ2) is 3.40. The van der Waals surface area contributed by atoms with Crippen molar-refractivity contribution >= 4 is 5.97 Å². The number of hydrogen-bond donors (Lipinski definition) is 2. The van der Waals surface area contributed by atoms with Crippen LogP contribution < -0.4 is 5.73 Å². The normalized spacial score (nSPS) is 17.9. The van der Waals surface area contributed by atoms with E-state index in [1.54, 1.807) is 6.08 Å². The first kappa shape index (κ1) is 8.80. The quantitative estimate of drug-likeness (QED) is 0.594. The van der Waals surface area contributed by atoms with Crippen LogP contribution in [-0.4, -0.2) is 23.7 Å². The Bertz CT molecular complexity index is 243. The molecule has 0 amide bonds. The molecule has 0 radical (unpaired) electrons. The summed E-state index contributed by atoms with van der Waals surface area (Å²) in [5.74, 6) is -0.568. The second-order valence-electron chi connectivity index (χ2n) is 2.55. The first-order valence-corrected chi connectivity index (χ1v) is 3.63. The fraction of sp³-hybridized carbons (Fsp3) is 0.375. The molecule has 0 fully saturated rings. The Hall–Kier alpha value is -1.29. The van der Waals surface area contributed by atoms with Gasteiger partial charge in [-0.15, -0.1) is 0 Å². The molecular weight excluding hydrogens is 158 g/mol. The topological polar surface area (TPSA) is 72.5 Å². The van der Waals surface area contributed by atoms with Gasteiger partial charge in [0, 0.05) is 6.42 Å². The molecular formula is C8H11NO3. The maximum Gasteiger partial charge on any atom is 0.333 e. The molecule has 3 N–H and O–H groups in total. The summed E-state index contributed by atoms with van der Waals surface area (Å²) in [6.45, 7) is 3.93. The van der Waals surface area contributed by atoms with Crippen LogP contribution >= 0.6 is 0 Å². The van der Waals surface area contributed by atoms with Gasteiger partial charge in [-0.2, -0.15) is 0 Å². The highest BCUT2D eigenvalue weighted by Crippen LogP contribution is 2.16. The van der Waals surface area contributed by atoms with Crippen LogP contribution in [0, 0.1) is 0 Å². The molecule has 12 heavy (non-hydrogen) atoms. The Kier molecular flexibility index (Phi) is 2.50. The molecule has 0 bridgehead atoms. The molecule has 66 valence electrons. The van der Waals surface area contributed by atoms with Gasteiger partial charge >= 0.3 is 5.97 Å². The van der Waals surface area contributed by atoms with E-state index in [2.05, 4.69) is 6.58 Å². The van der Waals surface area contributed by atoms with Gasteiger partial charge in [-0.1, -0.05) is 6.58 Å². The summed E-state index contributed by atoms with van der Waals surface area (Å²) in [4.78, 5) is 10.4. The predicted molar refractivity (Wildman–Crippen MR) is 43.4 cm³/mol. The van der Waals surface area contributed by atoms with E-state index >= 15 is 0 Å². The van der Waals surface area contributed by atoms with E-state index in [4.69, 9.17) is 15.6 Å². The molecule has 0 spiro atoms. The van der Waals surface area contributed by atoms with Crippen molar-refractivity contribution < 1.29 is 14.6 Å². The van der Waals surface area contributed by atoms with Gasteiger partial charge in [-0.3, -0.25) is 0 Å². The van der Waals surface area contributed by atoms with E-state index in [9.17, 15) is 4.79 Å². The van der Waals surface area contributed by atoms with Crippen molar-refractivity contribution in [2.45, 2.75) is 12.5 Å². The van der Waals surface area contributed by atoms with Crippen molar-refractivity contribution in [3.05, 3.63) is 24.0 Å². The highest BCUT2D eigenvalue weighted by Gasteiger charge is 2.21. The van der Waals surface area contributed by atoms with Crippen LogP contribution in [0.25, 0.3) is 0 Å². The molecule has 1 rings (SSSR count). The average Bonchev–Trinajstić information content (AvgIpc) is 2.53. The second-order valence-corrected chi connectivity index (χ2v) is 2.55. The Labute approximate surface area is 70.3 Å². The summed E-state index contributed by atoms with van der Waals surface area (Å²) in [5, 5.41) is 8.55. The van der Waals surface area contributed by atoms with E-state index in [1.807, 2.05) is 0 Å². The lowest BCUT2D eigenvalue weighted by Gasteiger charge is -2.12. The Morgan fingerprint density at radius 3 is 2.92 bits per heavy atom. The number of aliphatic carboxylic acids is 1. The highest BCUT2D eigenvalue weighted by molar-refractivity contribution is 5.87. The summed E-state index contributed by atoms with van der Waals surface area (Å²) in [6.07, 6.45) is 2.58. The molecule has 0 saturated heterocycles. The van der Waals surface area contributed by atoms with Crippen LogP contribution in [0.5, 0.6) is 0 Å². The van der Waals surface area contributed by atoms with Crippen LogP contribution in [0.4, 0.5) is 0 Å². The third-order valence-corrected chi connectivity index (χ3v) is 1.69. The van der Waals surface area contributed by atoms with E-state index in [1.165, 1.54) is 0 Å². The monoisotopic (exact) mass is 169 g/mol. The van der Waals surface area contributed by atoms with Crippen molar-refractivity contribution in [3.63, 3.8) is 0 Å². The number of rotatable bonds is 3. The molecule has 0 aromatic heterocycles. The number of carboxylic acid groups (broad SMARTS) is 1. The largest absolute Gasteiger partial charge is 0.496 e. The lowest BCUT2D eigenvalue weighted by atomic mass is 10.1. The van der Waals surface area contributed by atoms with Crippen molar-refractivity contribution in [3.8, 4) is 0 Å². The van der Waals surface area contributed by atoms with Gasteiger partial charge in [0.25, 0.3) is 0 Å². The van der Waals surface area contributed by atoms with Crippen molar-refractivity contribution in [1.29, 1.82) is 0 Å². The standard InChI is InChI=1S/C8H11NO3/c1-5(8(10)11)7(9)6-3-2-4-12-6/h3,7H,1-2,4,9H2,(H,10,11). The number of ether oxygens (including phenoxy) is 1. The number of carboxylic acids is 1. The molecule has 1 unspecified atom stereocenters. The zero-order valence-electron chi connectivity index (χ0n) is 6.62. The average molecular weight is 169 g/mol. The third-order valence-electron chi connectivity index (χ3n) is 1.69. The van der Waals surface area contributed by atoms with Crippen LogP contribution in [0.1, 0.15) is 6.42 Å². The van der Waals surface area contributed by atoms with Crippen molar-refractivity contribution in [2.75, 3.05) is 6.61 Å². The minimum atomic E-state index is -1.08. The number of nitrogens with two attached hydrogens (primary N) is 1. The molecule has 0 aromatic carbocycles. The molecule has 1 aliphatic rings. The van der Waals surface area contributed by atoms with Gasteiger partial charge in [-0.25, -0.2) is 4.79 Å². The lowest BCUT2D eigenvalue weighted by molar-refractivity contribution is -0.132. The minimum Gasteiger partial charge on any atom is -0.496 e. The Morgan fingerprint density at radius 1 is 1.83 bits per heavy atom. The molecule has 4 nitrogen and oxygen atoms in total. The van der Waals surface area contributed by atoms with Crippen molar-refractivity contribution in [2.24, 2.45) is 5.73 Å². The first-order chi connectivity index (χ1) is 5.63. The molecule has 1 atom stereocenters. The Morgan fingerprint density at radius 2 is 2.50 bits per heavy atom. The molecule has 0 aromatic rings. The summed E-state index contributed by atoms with van der Waals surface area (Å²) >= 11 is 0. The van der Waals surface area contributed by atoms with E-state index in [-0.39, 0.29) is 5.57 Å². The van der Waals surface area contributed by atoms with Crippen LogP contribution in [-0.2, 0) is 9.53 Å². The summed E-state index contributed by atoms with van der Waals surface area (Å²) in [6, 6.07) is -0.704. The number of carbonyl (C=O) groups is 1. The van der Waals surface area contributed by atoms with Gasteiger partial charge in [-0.05, 0) is 6.08 Å². The molecule has 1 heterocycles. The van der Waals surface area contributed by atoms with E-state index < -0.39 is 12.0 Å². The molecule has 0 saturated carbocycles. The summed E-state index contributed by atoms with van der Waals surface area (Å²) in [7, 11) is 0. The van der Waals surface area contributed by atoms with Gasteiger partial charge in [0.05, 0.1) is 18.2 Å². The highest BCUT2D eigenvalue weighted by atomic mass is 16.5. The number of hydrogen-bond acceptors (Lipinski definition) is 3. The molecule has 4 heteroatoms. The van der Waals surface area contributed by atoms with Gasteiger partial charge in [0.15, 0.2) is 0 Å². The zero-order chi connectivity index (χ0) is 9.14. The van der Waals surface area contributed by atoms with Crippen molar-refractivity contribution in [1.82, 2.24) is 0 Å². The minimum absolute atomic E-state index is 0.0387. The lowest BCUT2D eigenvalue weighted by Crippen LogP contribution is -2.28. The molecule has 1 aliphatic heterocycles. The SMILES string of the molecule is C=C(C(=O)O)C(N)C1=CCCO1. The smallest absolute Gasteiger partial charge is 0.333 e. The van der Waals surface area contributed by atoms with Crippen LogP contribution in [0.15, 0.2) is 24.0 Å². The maximum absolute atomic E-state index is 10.4.